The molecule has 0 saturated carbocycles. The van der Waals surface area contributed by atoms with Crippen molar-refractivity contribution < 1.29 is 4.74 Å². The largest absolute Gasteiger partial charge is 0.486 e. The van der Waals surface area contributed by atoms with Crippen molar-refractivity contribution in [3.63, 3.8) is 0 Å². The Morgan fingerprint density at radius 1 is 1.10 bits per heavy atom. The van der Waals surface area contributed by atoms with Crippen molar-refractivity contribution in [2.24, 2.45) is 0 Å². The van der Waals surface area contributed by atoms with Crippen LogP contribution in [0.25, 0.3) is 0 Å². The summed E-state index contributed by atoms with van der Waals surface area (Å²) in [6.07, 6.45) is 1.15. The van der Waals surface area contributed by atoms with Crippen molar-refractivity contribution in [3.8, 4) is 5.75 Å². The third-order valence-corrected chi connectivity index (χ3v) is 3.31. The second-order valence-electron chi connectivity index (χ2n) is 7.29. The van der Waals surface area contributed by atoms with Crippen LogP contribution in [0.15, 0.2) is 18.2 Å². The lowest BCUT2D eigenvalue weighted by Crippen LogP contribution is -2.41. The molecule has 0 atom stereocenters. The SMILES string of the molecule is CCCNCC(C)(C)Oc1ccc(C)cc1C(C)(C)C. The van der Waals surface area contributed by atoms with Crippen molar-refractivity contribution in [1.82, 2.24) is 5.32 Å². The van der Waals surface area contributed by atoms with Gasteiger partial charge < -0.3 is 10.1 Å². The van der Waals surface area contributed by atoms with E-state index in [0.717, 1.165) is 25.3 Å². The third kappa shape index (κ3) is 5.16. The second-order valence-corrected chi connectivity index (χ2v) is 7.29. The van der Waals surface area contributed by atoms with Crippen LogP contribution in [0, 0.1) is 6.92 Å². The molecular weight excluding hydrogens is 246 g/mol. The Labute approximate surface area is 124 Å². The third-order valence-electron chi connectivity index (χ3n) is 3.31. The average molecular weight is 277 g/mol. The zero-order valence-corrected chi connectivity index (χ0v) is 14.3. The summed E-state index contributed by atoms with van der Waals surface area (Å²) in [7, 11) is 0. The Balaban J connectivity index is 2.91. The molecule has 1 aromatic carbocycles. The fraction of sp³-hybridized carbons (Fsp3) is 0.667. The second kappa shape index (κ2) is 6.62. The molecule has 2 heteroatoms. The molecule has 0 amide bonds. The van der Waals surface area contributed by atoms with Crippen LogP contribution >= 0.6 is 0 Å². The van der Waals surface area contributed by atoms with Gasteiger partial charge in [0.2, 0.25) is 0 Å². The molecule has 0 aliphatic heterocycles. The van der Waals surface area contributed by atoms with Crippen LogP contribution in [0.3, 0.4) is 0 Å². The first-order valence-corrected chi connectivity index (χ1v) is 7.66. The number of benzene rings is 1. The van der Waals surface area contributed by atoms with Crippen LogP contribution in [-0.4, -0.2) is 18.7 Å². The summed E-state index contributed by atoms with van der Waals surface area (Å²) < 4.78 is 6.30. The van der Waals surface area contributed by atoms with E-state index in [1.165, 1.54) is 11.1 Å². The van der Waals surface area contributed by atoms with Crippen molar-refractivity contribution in [2.75, 3.05) is 13.1 Å². The van der Waals surface area contributed by atoms with Crippen molar-refractivity contribution in [3.05, 3.63) is 29.3 Å². The molecule has 1 rings (SSSR count). The van der Waals surface area contributed by atoms with Gasteiger partial charge in [-0.05, 0) is 50.8 Å². The number of hydrogen-bond donors (Lipinski definition) is 1. The van der Waals surface area contributed by atoms with E-state index in [4.69, 9.17) is 4.74 Å². The van der Waals surface area contributed by atoms with E-state index in [2.05, 4.69) is 72.0 Å². The standard InChI is InChI=1S/C18H31NO/c1-8-11-19-13-18(6,7)20-16-10-9-14(2)12-15(16)17(3,4)5/h9-10,12,19H,8,11,13H2,1-7H3. The maximum atomic E-state index is 6.30. The number of ether oxygens (including phenoxy) is 1. The van der Waals surface area contributed by atoms with E-state index in [1.807, 2.05) is 0 Å². The molecular formula is C18H31NO. The first-order valence-electron chi connectivity index (χ1n) is 7.66. The highest BCUT2D eigenvalue weighted by Gasteiger charge is 2.25. The van der Waals surface area contributed by atoms with Gasteiger partial charge in [0.1, 0.15) is 11.4 Å². The van der Waals surface area contributed by atoms with Crippen LogP contribution < -0.4 is 10.1 Å². The van der Waals surface area contributed by atoms with E-state index < -0.39 is 0 Å². The smallest absolute Gasteiger partial charge is 0.123 e. The van der Waals surface area contributed by atoms with E-state index >= 15 is 0 Å². The summed E-state index contributed by atoms with van der Waals surface area (Å²) in [6, 6.07) is 6.47. The van der Waals surface area contributed by atoms with E-state index in [-0.39, 0.29) is 11.0 Å². The molecule has 2 nitrogen and oxygen atoms in total. The molecule has 0 unspecified atom stereocenters. The number of hydrogen-bond acceptors (Lipinski definition) is 2. The maximum absolute atomic E-state index is 6.30. The molecule has 114 valence electrons. The topological polar surface area (TPSA) is 21.3 Å². The molecule has 1 N–H and O–H groups in total. The molecule has 1 aromatic rings. The zero-order valence-electron chi connectivity index (χ0n) is 14.3. The van der Waals surface area contributed by atoms with Gasteiger partial charge in [0.25, 0.3) is 0 Å². The van der Waals surface area contributed by atoms with Gasteiger partial charge in [-0.1, -0.05) is 45.4 Å². The van der Waals surface area contributed by atoms with Crippen LogP contribution in [-0.2, 0) is 5.41 Å². The predicted octanol–water partition coefficient (Wildman–Crippen LogP) is 4.45. The lowest BCUT2D eigenvalue weighted by molar-refractivity contribution is 0.105. The Hall–Kier alpha value is -1.02. The van der Waals surface area contributed by atoms with Crippen LogP contribution in [0.5, 0.6) is 5.75 Å². The summed E-state index contributed by atoms with van der Waals surface area (Å²) in [4.78, 5) is 0. The highest BCUT2D eigenvalue weighted by molar-refractivity contribution is 5.41. The van der Waals surface area contributed by atoms with Gasteiger partial charge in [0.15, 0.2) is 0 Å². The molecule has 0 radical (unpaired) electrons. The van der Waals surface area contributed by atoms with E-state index in [9.17, 15) is 0 Å². The highest BCUT2D eigenvalue weighted by Crippen LogP contribution is 2.34. The number of rotatable bonds is 6. The van der Waals surface area contributed by atoms with Gasteiger partial charge in [-0.25, -0.2) is 0 Å². The zero-order chi connectivity index (χ0) is 15.4. The normalized spacial score (nSPS) is 12.6. The Morgan fingerprint density at radius 3 is 2.30 bits per heavy atom. The van der Waals surface area contributed by atoms with Crippen molar-refractivity contribution in [2.45, 2.75) is 65.9 Å². The maximum Gasteiger partial charge on any atom is 0.123 e. The molecule has 0 aliphatic rings. The molecule has 0 spiro atoms. The fourth-order valence-corrected chi connectivity index (χ4v) is 2.22. The monoisotopic (exact) mass is 277 g/mol. The van der Waals surface area contributed by atoms with Crippen LogP contribution in [0.2, 0.25) is 0 Å². The summed E-state index contributed by atoms with van der Waals surface area (Å²) in [5, 5.41) is 3.44. The first-order chi connectivity index (χ1) is 9.15. The first kappa shape index (κ1) is 17.0. The van der Waals surface area contributed by atoms with E-state index in [1.54, 1.807) is 0 Å². The van der Waals surface area contributed by atoms with Crippen molar-refractivity contribution >= 4 is 0 Å². The summed E-state index contributed by atoms with van der Waals surface area (Å²) >= 11 is 0. The van der Waals surface area contributed by atoms with Gasteiger partial charge >= 0.3 is 0 Å². The minimum Gasteiger partial charge on any atom is -0.486 e. The molecule has 0 saturated heterocycles. The van der Waals surface area contributed by atoms with Gasteiger partial charge in [-0.2, -0.15) is 0 Å². The number of nitrogens with one attached hydrogen (secondary N) is 1. The van der Waals surface area contributed by atoms with Gasteiger partial charge in [0, 0.05) is 6.54 Å². The lowest BCUT2D eigenvalue weighted by atomic mass is 9.85. The quantitative estimate of drug-likeness (QED) is 0.776. The molecule has 0 heterocycles. The molecule has 0 aromatic heterocycles. The molecule has 0 bridgehead atoms. The van der Waals surface area contributed by atoms with Gasteiger partial charge in [-0.3, -0.25) is 0 Å². The minimum atomic E-state index is -0.204. The Kier molecular flexibility index (Phi) is 5.64. The van der Waals surface area contributed by atoms with E-state index in [0.29, 0.717) is 0 Å². The van der Waals surface area contributed by atoms with Crippen LogP contribution in [0.4, 0.5) is 0 Å². The van der Waals surface area contributed by atoms with Gasteiger partial charge in [0.05, 0.1) is 0 Å². The lowest BCUT2D eigenvalue weighted by Gasteiger charge is -2.31. The molecule has 0 aliphatic carbocycles. The molecule has 20 heavy (non-hydrogen) atoms. The number of aryl methyl sites for hydroxylation is 1. The van der Waals surface area contributed by atoms with Gasteiger partial charge in [-0.15, -0.1) is 0 Å². The minimum absolute atomic E-state index is 0.0915. The fourth-order valence-electron chi connectivity index (χ4n) is 2.22. The summed E-state index contributed by atoms with van der Waals surface area (Å²) in [6.45, 7) is 17.2. The Morgan fingerprint density at radius 2 is 1.75 bits per heavy atom. The van der Waals surface area contributed by atoms with Crippen LogP contribution in [0.1, 0.15) is 59.1 Å². The van der Waals surface area contributed by atoms with Crippen molar-refractivity contribution in [1.29, 1.82) is 0 Å². The summed E-state index contributed by atoms with van der Waals surface area (Å²) in [5.41, 5.74) is 2.45. The Bertz CT molecular complexity index is 430. The molecule has 0 fully saturated rings. The average Bonchev–Trinajstić information content (AvgIpc) is 2.30. The summed E-state index contributed by atoms with van der Waals surface area (Å²) in [5.74, 6) is 1.01. The predicted molar refractivity (Wildman–Crippen MR) is 87.7 cm³/mol. The highest BCUT2D eigenvalue weighted by atomic mass is 16.5.